The maximum Gasteiger partial charge on any atom is 0.363 e. The summed E-state index contributed by atoms with van der Waals surface area (Å²) in [6, 6.07) is 12.8. The van der Waals surface area contributed by atoms with Crippen LogP contribution in [-0.2, 0) is 9.53 Å². The molecule has 0 unspecified atom stereocenters. The van der Waals surface area contributed by atoms with Crippen LogP contribution in [-0.4, -0.2) is 26.1 Å². The van der Waals surface area contributed by atoms with Gasteiger partial charge in [0.15, 0.2) is 5.70 Å². The van der Waals surface area contributed by atoms with Crippen LogP contribution < -0.4 is 9.47 Å². The smallest absolute Gasteiger partial charge is 0.363 e. The Labute approximate surface area is 147 Å². The van der Waals surface area contributed by atoms with Crippen LogP contribution in [0.1, 0.15) is 11.1 Å². The fraction of sp³-hybridized carbons (Fsp3) is 0.111. The second-order valence-corrected chi connectivity index (χ2v) is 5.84. The van der Waals surface area contributed by atoms with Crippen molar-refractivity contribution >= 4 is 33.9 Å². The van der Waals surface area contributed by atoms with Gasteiger partial charge in [0.05, 0.1) is 19.8 Å². The minimum atomic E-state index is -0.516. The first-order chi connectivity index (χ1) is 11.6. The molecule has 0 saturated heterocycles. The van der Waals surface area contributed by atoms with Crippen molar-refractivity contribution < 1.29 is 19.0 Å². The summed E-state index contributed by atoms with van der Waals surface area (Å²) in [5, 5.41) is 0. The number of cyclic esters (lactones) is 1. The first kappa shape index (κ1) is 16.3. The van der Waals surface area contributed by atoms with Crippen LogP contribution in [0.25, 0.3) is 6.08 Å². The Kier molecular flexibility index (Phi) is 4.66. The minimum absolute atomic E-state index is 0.205. The Bertz CT molecular complexity index is 858. The monoisotopic (exact) mass is 387 g/mol. The quantitative estimate of drug-likeness (QED) is 0.591. The number of para-hydroxylation sites is 1. The third-order valence-electron chi connectivity index (χ3n) is 3.44. The van der Waals surface area contributed by atoms with E-state index in [9.17, 15) is 4.79 Å². The van der Waals surface area contributed by atoms with Crippen LogP contribution in [0.2, 0.25) is 0 Å². The highest BCUT2D eigenvalue weighted by atomic mass is 79.9. The van der Waals surface area contributed by atoms with Gasteiger partial charge in [-0.2, -0.15) is 0 Å². The fourth-order valence-corrected chi connectivity index (χ4v) is 2.67. The first-order valence-electron chi connectivity index (χ1n) is 7.12. The van der Waals surface area contributed by atoms with E-state index in [1.807, 2.05) is 30.3 Å². The van der Waals surface area contributed by atoms with E-state index in [0.717, 1.165) is 10.0 Å². The second-order valence-electron chi connectivity index (χ2n) is 4.92. The molecule has 0 spiro atoms. The number of rotatable bonds is 4. The summed E-state index contributed by atoms with van der Waals surface area (Å²) in [5.74, 6) is 0.919. The summed E-state index contributed by atoms with van der Waals surface area (Å²) >= 11 is 3.39. The van der Waals surface area contributed by atoms with Crippen LogP contribution in [0.15, 0.2) is 57.6 Å². The van der Waals surface area contributed by atoms with Crippen molar-refractivity contribution in [2.75, 3.05) is 14.2 Å². The zero-order valence-electron chi connectivity index (χ0n) is 13.1. The second kappa shape index (κ2) is 6.88. The highest BCUT2D eigenvalue weighted by Crippen LogP contribution is 2.29. The number of carbonyl (C=O) groups is 1. The summed E-state index contributed by atoms with van der Waals surface area (Å²) in [6.45, 7) is 0. The number of nitrogens with zero attached hydrogens (tertiary/aromatic N) is 1. The summed E-state index contributed by atoms with van der Waals surface area (Å²) in [6.07, 6.45) is 1.64. The molecule has 2 aromatic carbocycles. The molecule has 0 radical (unpaired) electrons. The summed E-state index contributed by atoms with van der Waals surface area (Å²) in [7, 11) is 3.13. The van der Waals surface area contributed by atoms with Gasteiger partial charge in [-0.05, 0) is 30.3 Å². The van der Waals surface area contributed by atoms with E-state index < -0.39 is 5.97 Å². The highest BCUT2D eigenvalue weighted by Gasteiger charge is 2.26. The lowest BCUT2D eigenvalue weighted by molar-refractivity contribution is -0.129. The van der Waals surface area contributed by atoms with E-state index in [1.165, 1.54) is 0 Å². The molecule has 0 fully saturated rings. The standard InChI is InChI=1S/C18H14BrNO4/c1-22-15-6-4-3-5-11(15)9-14-18(21)24-17(20-14)13-10-12(19)7-8-16(13)23-2/h3-10H,1-2H3. The molecule has 0 aromatic heterocycles. The van der Waals surface area contributed by atoms with Gasteiger partial charge in [0.1, 0.15) is 11.5 Å². The molecule has 0 saturated carbocycles. The Balaban J connectivity index is 2.02. The maximum atomic E-state index is 12.1. The van der Waals surface area contributed by atoms with Gasteiger partial charge in [-0.15, -0.1) is 0 Å². The molecule has 3 rings (SSSR count). The van der Waals surface area contributed by atoms with Gasteiger partial charge in [0.25, 0.3) is 0 Å². The molecule has 1 aliphatic rings. The third kappa shape index (κ3) is 3.19. The SMILES string of the molecule is COc1ccccc1C=C1N=C(c2cc(Br)ccc2OC)OC1=O. The van der Waals surface area contributed by atoms with E-state index in [4.69, 9.17) is 14.2 Å². The molecule has 0 aliphatic carbocycles. The molecule has 0 amide bonds. The molecule has 24 heavy (non-hydrogen) atoms. The number of esters is 1. The highest BCUT2D eigenvalue weighted by molar-refractivity contribution is 9.10. The van der Waals surface area contributed by atoms with Gasteiger partial charge < -0.3 is 14.2 Å². The number of methoxy groups -OCH3 is 2. The van der Waals surface area contributed by atoms with Gasteiger partial charge in [-0.3, -0.25) is 0 Å². The van der Waals surface area contributed by atoms with Crippen molar-refractivity contribution in [3.63, 3.8) is 0 Å². The Hall–Kier alpha value is -2.60. The van der Waals surface area contributed by atoms with Crippen molar-refractivity contribution in [2.45, 2.75) is 0 Å². The molecule has 0 N–H and O–H groups in total. The van der Waals surface area contributed by atoms with Crippen LogP contribution in [0.5, 0.6) is 11.5 Å². The molecule has 1 aliphatic heterocycles. The van der Waals surface area contributed by atoms with E-state index in [0.29, 0.717) is 17.1 Å². The molecular weight excluding hydrogens is 374 g/mol. The van der Waals surface area contributed by atoms with E-state index in [2.05, 4.69) is 20.9 Å². The van der Waals surface area contributed by atoms with E-state index >= 15 is 0 Å². The minimum Gasteiger partial charge on any atom is -0.496 e. The molecule has 6 heteroatoms. The maximum absolute atomic E-state index is 12.1. The number of benzene rings is 2. The molecule has 5 nitrogen and oxygen atoms in total. The van der Waals surface area contributed by atoms with Gasteiger partial charge in [-0.1, -0.05) is 34.1 Å². The Morgan fingerprint density at radius 2 is 1.83 bits per heavy atom. The summed E-state index contributed by atoms with van der Waals surface area (Å²) in [4.78, 5) is 16.5. The Morgan fingerprint density at radius 3 is 2.58 bits per heavy atom. The van der Waals surface area contributed by atoms with Crippen LogP contribution >= 0.6 is 15.9 Å². The Morgan fingerprint density at radius 1 is 1.08 bits per heavy atom. The fourth-order valence-electron chi connectivity index (χ4n) is 2.30. The number of halogens is 1. The van der Waals surface area contributed by atoms with Gasteiger partial charge in [-0.25, -0.2) is 9.79 Å². The first-order valence-corrected chi connectivity index (χ1v) is 7.91. The number of aliphatic imine (C=N–C) groups is 1. The lowest BCUT2D eigenvalue weighted by atomic mass is 10.1. The topological polar surface area (TPSA) is 57.1 Å². The summed E-state index contributed by atoms with van der Waals surface area (Å²) < 4.78 is 16.7. The normalized spacial score (nSPS) is 15.2. The molecule has 122 valence electrons. The third-order valence-corrected chi connectivity index (χ3v) is 3.94. The van der Waals surface area contributed by atoms with E-state index in [-0.39, 0.29) is 11.6 Å². The van der Waals surface area contributed by atoms with E-state index in [1.54, 1.807) is 32.4 Å². The van der Waals surface area contributed by atoms with Gasteiger partial charge in [0, 0.05) is 10.0 Å². The van der Waals surface area contributed by atoms with Crippen molar-refractivity contribution in [2.24, 2.45) is 4.99 Å². The van der Waals surface area contributed by atoms with Crippen molar-refractivity contribution in [1.29, 1.82) is 0 Å². The number of carbonyl (C=O) groups excluding carboxylic acids is 1. The molecule has 0 bridgehead atoms. The van der Waals surface area contributed by atoms with Gasteiger partial charge in [0.2, 0.25) is 5.90 Å². The lowest BCUT2D eigenvalue weighted by Gasteiger charge is -2.07. The van der Waals surface area contributed by atoms with Crippen molar-refractivity contribution in [3.05, 3.63) is 63.8 Å². The largest absolute Gasteiger partial charge is 0.496 e. The van der Waals surface area contributed by atoms with Crippen LogP contribution in [0, 0.1) is 0 Å². The lowest BCUT2D eigenvalue weighted by Crippen LogP contribution is -2.07. The van der Waals surface area contributed by atoms with Crippen LogP contribution in [0.4, 0.5) is 0 Å². The zero-order valence-corrected chi connectivity index (χ0v) is 14.7. The van der Waals surface area contributed by atoms with Crippen LogP contribution in [0.3, 0.4) is 0 Å². The summed E-state index contributed by atoms with van der Waals surface area (Å²) in [5.41, 5.74) is 1.55. The predicted octanol–water partition coefficient (Wildman–Crippen LogP) is 3.81. The van der Waals surface area contributed by atoms with Crippen molar-refractivity contribution in [3.8, 4) is 11.5 Å². The molecule has 0 atom stereocenters. The van der Waals surface area contributed by atoms with Crippen molar-refractivity contribution in [1.82, 2.24) is 0 Å². The molecular formula is C18H14BrNO4. The average molecular weight is 388 g/mol. The number of ether oxygens (including phenoxy) is 3. The zero-order chi connectivity index (χ0) is 17.1. The number of hydrogen-bond acceptors (Lipinski definition) is 5. The molecule has 2 aromatic rings. The number of hydrogen-bond donors (Lipinski definition) is 0. The predicted molar refractivity (Wildman–Crippen MR) is 94.3 cm³/mol. The average Bonchev–Trinajstić information content (AvgIpc) is 2.96. The molecule has 1 heterocycles. The van der Waals surface area contributed by atoms with Gasteiger partial charge >= 0.3 is 5.97 Å².